The third kappa shape index (κ3) is 6.03. The van der Waals surface area contributed by atoms with Crippen molar-refractivity contribution in [3.8, 4) is 0 Å². The fourth-order valence-electron chi connectivity index (χ4n) is 1.62. The molecule has 1 unspecified atom stereocenters. The molecule has 1 aromatic rings. The van der Waals surface area contributed by atoms with Crippen molar-refractivity contribution in [1.29, 1.82) is 5.41 Å². The lowest BCUT2D eigenvalue weighted by atomic mass is 10.0. The summed E-state index contributed by atoms with van der Waals surface area (Å²) < 4.78 is 24.9. The van der Waals surface area contributed by atoms with E-state index in [1.54, 1.807) is 0 Å². The van der Waals surface area contributed by atoms with E-state index in [0.717, 1.165) is 11.8 Å². The lowest BCUT2D eigenvalue weighted by molar-refractivity contribution is 0.556. The maximum absolute atomic E-state index is 11.2. The SMILES string of the molecule is CS(=O)(=O)NC(CC(=N)N)Cc1ccccc1. The van der Waals surface area contributed by atoms with Crippen molar-refractivity contribution < 1.29 is 8.42 Å². The van der Waals surface area contributed by atoms with E-state index in [9.17, 15) is 8.42 Å². The Morgan fingerprint density at radius 2 is 2.00 bits per heavy atom. The highest BCUT2D eigenvalue weighted by Crippen LogP contribution is 2.06. The van der Waals surface area contributed by atoms with Gasteiger partial charge in [0.25, 0.3) is 0 Å². The summed E-state index contributed by atoms with van der Waals surface area (Å²) in [4.78, 5) is 0. The van der Waals surface area contributed by atoms with Crippen molar-refractivity contribution in [2.75, 3.05) is 6.26 Å². The molecule has 5 nitrogen and oxygen atoms in total. The number of benzene rings is 1. The third-order valence-corrected chi connectivity index (χ3v) is 2.93. The number of hydrogen-bond acceptors (Lipinski definition) is 3. The topological polar surface area (TPSA) is 96.0 Å². The molecule has 0 heterocycles. The van der Waals surface area contributed by atoms with Crippen molar-refractivity contribution in [2.45, 2.75) is 18.9 Å². The second kappa shape index (κ2) is 5.79. The maximum atomic E-state index is 11.2. The average Bonchev–Trinajstić information content (AvgIpc) is 2.15. The van der Waals surface area contributed by atoms with Crippen LogP contribution in [-0.4, -0.2) is 26.6 Å². The number of amidine groups is 1. The van der Waals surface area contributed by atoms with E-state index in [4.69, 9.17) is 11.1 Å². The minimum absolute atomic E-state index is 0.0259. The first-order valence-electron chi connectivity index (χ1n) is 5.21. The molecule has 0 amide bonds. The largest absolute Gasteiger partial charge is 0.388 e. The highest BCUT2D eigenvalue weighted by molar-refractivity contribution is 7.88. The zero-order valence-corrected chi connectivity index (χ0v) is 10.5. The molecule has 0 fully saturated rings. The van der Waals surface area contributed by atoms with E-state index < -0.39 is 10.0 Å². The number of nitrogens with two attached hydrogens (primary N) is 1. The summed E-state index contributed by atoms with van der Waals surface area (Å²) in [6.45, 7) is 0. The molecule has 0 saturated heterocycles. The summed E-state index contributed by atoms with van der Waals surface area (Å²) in [7, 11) is -3.29. The van der Waals surface area contributed by atoms with Gasteiger partial charge in [-0.15, -0.1) is 0 Å². The smallest absolute Gasteiger partial charge is 0.208 e. The Hall–Kier alpha value is -1.40. The molecule has 6 heteroatoms. The molecule has 4 N–H and O–H groups in total. The molecule has 1 atom stereocenters. The van der Waals surface area contributed by atoms with Gasteiger partial charge in [0, 0.05) is 12.5 Å². The predicted molar refractivity (Wildman–Crippen MR) is 68.4 cm³/mol. The molecule has 1 rings (SSSR count). The first-order chi connectivity index (χ1) is 7.87. The fraction of sp³-hybridized carbons (Fsp3) is 0.364. The Labute approximate surface area is 102 Å². The van der Waals surface area contributed by atoms with Gasteiger partial charge in [0.2, 0.25) is 10.0 Å². The van der Waals surface area contributed by atoms with E-state index in [-0.39, 0.29) is 18.3 Å². The summed E-state index contributed by atoms with van der Waals surface area (Å²) in [5, 5.41) is 7.24. The van der Waals surface area contributed by atoms with Crippen LogP contribution < -0.4 is 10.5 Å². The summed E-state index contributed by atoms with van der Waals surface area (Å²) in [6, 6.07) is 9.13. The Kier molecular flexibility index (Phi) is 4.65. The lowest BCUT2D eigenvalue weighted by Crippen LogP contribution is -2.38. The highest BCUT2D eigenvalue weighted by atomic mass is 32.2. The molecule has 0 radical (unpaired) electrons. The molecule has 17 heavy (non-hydrogen) atoms. The van der Waals surface area contributed by atoms with Gasteiger partial charge in [-0.25, -0.2) is 13.1 Å². The van der Waals surface area contributed by atoms with E-state index in [0.29, 0.717) is 6.42 Å². The van der Waals surface area contributed by atoms with Gasteiger partial charge in [0.05, 0.1) is 12.1 Å². The summed E-state index contributed by atoms with van der Waals surface area (Å²) >= 11 is 0. The summed E-state index contributed by atoms with van der Waals surface area (Å²) in [6.07, 6.45) is 1.83. The second-order valence-corrected chi connectivity index (χ2v) is 5.79. The van der Waals surface area contributed by atoms with Gasteiger partial charge in [-0.1, -0.05) is 30.3 Å². The Balaban J connectivity index is 2.74. The van der Waals surface area contributed by atoms with Crippen LogP contribution in [0.3, 0.4) is 0 Å². The van der Waals surface area contributed by atoms with Crippen LogP contribution in [-0.2, 0) is 16.4 Å². The molecule has 0 aromatic heterocycles. The van der Waals surface area contributed by atoms with Crippen LogP contribution >= 0.6 is 0 Å². The Morgan fingerprint density at radius 3 is 2.47 bits per heavy atom. The van der Waals surface area contributed by atoms with E-state index in [2.05, 4.69) is 4.72 Å². The Morgan fingerprint density at radius 1 is 1.41 bits per heavy atom. The maximum Gasteiger partial charge on any atom is 0.208 e. The van der Waals surface area contributed by atoms with Gasteiger partial charge in [-0.05, 0) is 12.0 Å². The van der Waals surface area contributed by atoms with Crippen molar-refractivity contribution >= 4 is 15.9 Å². The van der Waals surface area contributed by atoms with Crippen LogP contribution in [0.4, 0.5) is 0 Å². The number of nitrogens with one attached hydrogen (secondary N) is 2. The standard InChI is InChI=1S/C11H17N3O2S/c1-17(15,16)14-10(8-11(12)13)7-9-5-3-2-4-6-9/h2-6,10,14H,7-8H2,1H3,(H3,12,13). The van der Waals surface area contributed by atoms with Crippen LogP contribution in [0.5, 0.6) is 0 Å². The molecule has 1 aromatic carbocycles. The Bertz CT molecular complexity index is 471. The zero-order valence-electron chi connectivity index (χ0n) is 9.68. The molecule has 0 aliphatic carbocycles. The van der Waals surface area contributed by atoms with E-state index in [1.807, 2.05) is 30.3 Å². The third-order valence-electron chi connectivity index (χ3n) is 2.17. The van der Waals surface area contributed by atoms with E-state index >= 15 is 0 Å². The predicted octanol–water partition coefficient (Wildman–Crippen LogP) is 0.473. The molecule has 0 spiro atoms. The first-order valence-corrected chi connectivity index (χ1v) is 7.10. The monoisotopic (exact) mass is 255 g/mol. The number of hydrogen-bond donors (Lipinski definition) is 3. The second-order valence-electron chi connectivity index (χ2n) is 4.01. The van der Waals surface area contributed by atoms with Crippen molar-refractivity contribution in [3.63, 3.8) is 0 Å². The first kappa shape index (κ1) is 13.7. The lowest BCUT2D eigenvalue weighted by Gasteiger charge is -2.16. The van der Waals surface area contributed by atoms with Gasteiger partial charge in [0.15, 0.2) is 0 Å². The molecular formula is C11H17N3O2S. The average molecular weight is 255 g/mol. The van der Waals surface area contributed by atoms with Crippen LogP contribution in [0, 0.1) is 5.41 Å². The molecule has 94 valence electrons. The molecule has 0 aliphatic rings. The molecule has 0 bridgehead atoms. The van der Waals surface area contributed by atoms with Gasteiger partial charge in [0.1, 0.15) is 0 Å². The van der Waals surface area contributed by atoms with Gasteiger partial charge in [-0.2, -0.15) is 0 Å². The summed E-state index contributed by atoms with van der Waals surface area (Å²) in [5.41, 5.74) is 6.32. The normalized spacial score (nSPS) is 13.2. The fourth-order valence-corrected chi connectivity index (χ4v) is 2.39. The zero-order chi connectivity index (χ0) is 12.9. The van der Waals surface area contributed by atoms with Crippen LogP contribution in [0.25, 0.3) is 0 Å². The van der Waals surface area contributed by atoms with Gasteiger partial charge < -0.3 is 5.73 Å². The molecule has 0 aliphatic heterocycles. The number of rotatable bonds is 6. The van der Waals surface area contributed by atoms with Gasteiger partial charge in [-0.3, -0.25) is 5.41 Å². The van der Waals surface area contributed by atoms with Crippen molar-refractivity contribution in [3.05, 3.63) is 35.9 Å². The van der Waals surface area contributed by atoms with Crippen LogP contribution in [0.1, 0.15) is 12.0 Å². The van der Waals surface area contributed by atoms with E-state index in [1.165, 1.54) is 0 Å². The highest BCUT2D eigenvalue weighted by Gasteiger charge is 2.15. The summed E-state index contributed by atoms with van der Waals surface area (Å²) in [5.74, 6) is -0.0259. The minimum atomic E-state index is -3.29. The molecule has 0 saturated carbocycles. The van der Waals surface area contributed by atoms with Crippen LogP contribution in [0.2, 0.25) is 0 Å². The quantitative estimate of drug-likeness (QED) is 0.509. The van der Waals surface area contributed by atoms with Crippen molar-refractivity contribution in [2.24, 2.45) is 5.73 Å². The number of sulfonamides is 1. The molecular weight excluding hydrogens is 238 g/mol. The van der Waals surface area contributed by atoms with Gasteiger partial charge >= 0.3 is 0 Å². The van der Waals surface area contributed by atoms with Crippen LogP contribution in [0.15, 0.2) is 30.3 Å². The van der Waals surface area contributed by atoms with Crippen molar-refractivity contribution in [1.82, 2.24) is 4.72 Å². The minimum Gasteiger partial charge on any atom is -0.388 e.